The van der Waals surface area contributed by atoms with E-state index in [4.69, 9.17) is 9.47 Å². The Morgan fingerprint density at radius 3 is 2.46 bits per heavy atom. The number of likely N-dealkylation sites (tertiary alicyclic amines) is 1. The number of piperidine rings is 1. The molecule has 0 radical (unpaired) electrons. The highest BCUT2D eigenvalue weighted by Crippen LogP contribution is 2.39. The molecule has 196 valence electrons. The number of nitrogens with one attached hydrogen (secondary N) is 1. The zero-order valence-electron chi connectivity index (χ0n) is 21.0. The fourth-order valence-corrected chi connectivity index (χ4v) is 5.40. The van der Waals surface area contributed by atoms with Crippen LogP contribution in [0.25, 0.3) is 0 Å². The first kappa shape index (κ1) is 25.4. The van der Waals surface area contributed by atoms with Crippen LogP contribution in [-0.4, -0.2) is 78.2 Å². The lowest BCUT2D eigenvalue weighted by atomic mass is 9.96. The van der Waals surface area contributed by atoms with Crippen LogP contribution in [0.4, 0.5) is 4.39 Å². The molecule has 8 nitrogen and oxygen atoms in total. The van der Waals surface area contributed by atoms with Crippen LogP contribution in [0.2, 0.25) is 0 Å². The third kappa shape index (κ3) is 5.10. The Balaban J connectivity index is 1.35. The molecule has 2 atom stereocenters. The highest BCUT2D eigenvalue weighted by atomic mass is 19.1. The molecule has 2 aromatic carbocycles. The maximum Gasteiger partial charge on any atom is 0.256 e. The highest BCUT2D eigenvalue weighted by molar-refractivity contribution is 5.98. The normalized spacial score (nSPS) is 22.9. The van der Waals surface area contributed by atoms with E-state index in [9.17, 15) is 18.8 Å². The molecule has 3 heterocycles. The SMILES string of the molecule is Cc1ccc(C(=O)N2[C@H](C(=O)NC[C@H]3CCCO3)COC23CCN(C(=O)c2ccccc2F)CC3)cc1. The van der Waals surface area contributed by atoms with E-state index < -0.39 is 23.5 Å². The van der Waals surface area contributed by atoms with Crippen molar-refractivity contribution in [3.63, 3.8) is 0 Å². The predicted octanol–water partition coefficient (Wildman–Crippen LogP) is 2.90. The summed E-state index contributed by atoms with van der Waals surface area (Å²) in [5, 5.41) is 2.94. The molecule has 3 amide bonds. The van der Waals surface area contributed by atoms with Crippen molar-refractivity contribution in [2.75, 3.05) is 32.8 Å². The molecule has 0 saturated carbocycles. The second-order valence-electron chi connectivity index (χ2n) is 9.97. The summed E-state index contributed by atoms with van der Waals surface area (Å²) < 4.78 is 26.1. The standard InChI is InChI=1S/C28H32FN3O5/c1-19-8-10-20(11-9-19)26(34)32-24(25(33)30-17-21-5-4-16-36-21)18-37-28(32)12-14-31(15-13-28)27(35)22-6-2-3-7-23(22)29/h2-3,6-11,21,24H,4-5,12-18H2,1H3,(H,30,33)/t21-,24+/m1/s1. The molecule has 9 heteroatoms. The van der Waals surface area contributed by atoms with Gasteiger partial charge in [0.15, 0.2) is 0 Å². The summed E-state index contributed by atoms with van der Waals surface area (Å²) in [7, 11) is 0. The quantitative estimate of drug-likeness (QED) is 0.670. The number of benzene rings is 2. The summed E-state index contributed by atoms with van der Waals surface area (Å²) in [6.45, 7) is 3.63. The van der Waals surface area contributed by atoms with E-state index in [1.807, 2.05) is 19.1 Å². The lowest BCUT2D eigenvalue weighted by Crippen LogP contribution is -2.60. The van der Waals surface area contributed by atoms with E-state index in [1.54, 1.807) is 34.1 Å². The van der Waals surface area contributed by atoms with E-state index in [2.05, 4.69) is 5.32 Å². The summed E-state index contributed by atoms with van der Waals surface area (Å²) in [4.78, 5) is 43.2. The Hall–Kier alpha value is -3.30. The number of amides is 3. The van der Waals surface area contributed by atoms with Gasteiger partial charge in [0.25, 0.3) is 11.8 Å². The van der Waals surface area contributed by atoms with Crippen LogP contribution in [0.15, 0.2) is 48.5 Å². The van der Waals surface area contributed by atoms with Gasteiger partial charge in [0.1, 0.15) is 17.6 Å². The lowest BCUT2D eigenvalue weighted by Gasteiger charge is -2.44. The van der Waals surface area contributed by atoms with Gasteiger partial charge in [-0.25, -0.2) is 4.39 Å². The number of aryl methyl sites for hydroxylation is 1. The number of carbonyl (C=O) groups is 3. The van der Waals surface area contributed by atoms with E-state index in [0.717, 1.165) is 18.4 Å². The molecule has 3 saturated heterocycles. The molecule has 5 rings (SSSR count). The molecular weight excluding hydrogens is 477 g/mol. The van der Waals surface area contributed by atoms with Gasteiger partial charge in [-0.15, -0.1) is 0 Å². The van der Waals surface area contributed by atoms with Crippen molar-refractivity contribution in [2.45, 2.75) is 50.5 Å². The van der Waals surface area contributed by atoms with Gasteiger partial charge >= 0.3 is 0 Å². The minimum Gasteiger partial charge on any atom is -0.376 e. The number of ether oxygens (including phenoxy) is 2. The van der Waals surface area contributed by atoms with Crippen molar-refractivity contribution < 1.29 is 28.2 Å². The molecule has 0 aromatic heterocycles. The predicted molar refractivity (Wildman–Crippen MR) is 133 cm³/mol. The van der Waals surface area contributed by atoms with Crippen LogP contribution in [0, 0.1) is 12.7 Å². The molecule has 37 heavy (non-hydrogen) atoms. The summed E-state index contributed by atoms with van der Waals surface area (Å²) in [5.74, 6) is -1.53. The minimum atomic E-state index is -1.03. The van der Waals surface area contributed by atoms with Crippen LogP contribution in [0.3, 0.4) is 0 Å². The Labute approximate surface area is 215 Å². The van der Waals surface area contributed by atoms with Crippen molar-refractivity contribution in [3.05, 3.63) is 71.0 Å². The van der Waals surface area contributed by atoms with Gasteiger partial charge in [0, 0.05) is 44.6 Å². The Kier molecular flexibility index (Phi) is 7.26. The van der Waals surface area contributed by atoms with Gasteiger partial charge in [0.05, 0.1) is 18.3 Å². The maximum absolute atomic E-state index is 14.2. The highest BCUT2D eigenvalue weighted by Gasteiger charge is 2.54. The average molecular weight is 510 g/mol. The molecule has 0 unspecified atom stereocenters. The van der Waals surface area contributed by atoms with Crippen molar-refractivity contribution in [1.29, 1.82) is 0 Å². The third-order valence-electron chi connectivity index (χ3n) is 7.54. The van der Waals surface area contributed by atoms with E-state index in [1.165, 1.54) is 12.1 Å². The molecule has 1 N–H and O–H groups in total. The van der Waals surface area contributed by atoms with Crippen molar-refractivity contribution in [2.24, 2.45) is 0 Å². The molecule has 3 fully saturated rings. The van der Waals surface area contributed by atoms with Crippen molar-refractivity contribution in [1.82, 2.24) is 15.1 Å². The summed E-state index contributed by atoms with van der Waals surface area (Å²) in [6.07, 6.45) is 2.48. The number of hydrogen-bond acceptors (Lipinski definition) is 5. The van der Waals surface area contributed by atoms with Gasteiger partial charge in [-0.3, -0.25) is 19.3 Å². The molecular formula is C28H32FN3O5. The Bertz CT molecular complexity index is 1160. The second-order valence-corrected chi connectivity index (χ2v) is 9.97. The fourth-order valence-electron chi connectivity index (χ4n) is 5.40. The number of nitrogens with zero attached hydrogens (tertiary/aromatic N) is 2. The van der Waals surface area contributed by atoms with Crippen LogP contribution in [0.5, 0.6) is 0 Å². The van der Waals surface area contributed by atoms with Gasteiger partial charge in [0.2, 0.25) is 5.91 Å². The van der Waals surface area contributed by atoms with Crippen LogP contribution in [0.1, 0.15) is 52.0 Å². The van der Waals surface area contributed by atoms with E-state index in [-0.39, 0.29) is 43.2 Å². The summed E-state index contributed by atoms with van der Waals surface area (Å²) in [5.41, 5.74) is 0.483. The number of rotatable bonds is 5. The average Bonchev–Trinajstić information content (AvgIpc) is 3.56. The lowest BCUT2D eigenvalue weighted by molar-refractivity contribution is -0.128. The Morgan fingerprint density at radius 2 is 1.78 bits per heavy atom. The summed E-state index contributed by atoms with van der Waals surface area (Å²) >= 11 is 0. The number of hydrogen-bond donors (Lipinski definition) is 1. The first-order valence-electron chi connectivity index (χ1n) is 12.9. The monoisotopic (exact) mass is 509 g/mol. The van der Waals surface area contributed by atoms with Crippen LogP contribution < -0.4 is 5.32 Å². The molecule has 0 aliphatic carbocycles. The first-order valence-corrected chi connectivity index (χ1v) is 12.9. The van der Waals surface area contributed by atoms with Gasteiger partial charge in [-0.05, 0) is 44.0 Å². The zero-order valence-corrected chi connectivity index (χ0v) is 21.0. The third-order valence-corrected chi connectivity index (χ3v) is 7.54. The van der Waals surface area contributed by atoms with Gasteiger partial charge in [-0.2, -0.15) is 0 Å². The van der Waals surface area contributed by atoms with E-state index >= 15 is 0 Å². The molecule has 2 aromatic rings. The molecule has 3 aliphatic heterocycles. The molecule has 0 bridgehead atoms. The first-order chi connectivity index (χ1) is 17.9. The topological polar surface area (TPSA) is 88.2 Å². The van der Waals surface area contributed by atoms with E-state index in [0.29, 0.717) is 31.6 Å². The van der Waals surface area contributed by atoms with Crippen LogP contribution >= 0.6 is 0 Å². The molecule has 1 spiro atoms. The Morgan fingerprint density at radius 1 is 1.05 bits per heavy atom. The largest absolute Gasteiger partial charge is 0.376 e. The zero-order chi connectivity index (χ0) is 26.0. The van der Waals surface area contributed by atoms with Crippen molar-refractivity contribution in [3.8, 4) is 0 Å². The fraction of sp³-hybridized carbons (Fsp3) is 0.464. The second kappa shape index (κ2) is 10.6. The maximum atomic E-state index is 14.2. The van der Waals surface area contributed by atoms with Crippen LogP contribution in [-0.2, 0) is 14.3 Å². The molecule has 3 aliphatic rings. The smallest absolute Gasteiger partial charge is 0.256 e. The minimum absolute atomic E-state index is 0.0183. The van der Waals surface area contributed by atoms with Gasteiger partial charge in [-0.1, -0.05) is 29.8 Å². The van der Waals surface area contributed by atoms with Gasteiger partial charge < -0.3 is 19.7 Å². The number of halogens is 1. The summed E-state index contributed by atoms with van der Waals surface area (Å²) in [6, 6.07) is 12.3. The number of carbonyl (C=O) groups excluding carboxylic acids is 3. The van der Waals surface area contributed by atoms with Crippen molar-refractivity contribution >= 4 is 17.7 Å².